The van der Waals surface area contributed by atoms with Crippen LogP contribution in [0.25, 0.3) is 0 Å². The Morgan fingerprint density at radius 3 is 2.59 bits per heavy atom. The van der Waals surface area contributed by atoms with Gasteiger partial charge in [-0.15, -0.1) is 0 Å². The van der Waals surface area contributed by atoms with Crippen molar-refractivity contribution in [3.63, 3.8) is 0 Å². The Labute approximate surface area is 112 Å². The lowest BCUT2D eigenvalue weighted by molar-refractivity contribution is 0.449. The number of halogens is 2. The largest absolute Gasteiger partial charge is 0.317 e. The molecule has 0 aromatic heterocycles. The van der Waals surface area contributed by atoms with E-state index in [1.54, 1.807) is 6.07 Å². The van der Waals surface area contributed by atoms with E-state index in [0.717, 1.165) is 18.4 Å². The zero-order valence-corrected chi connectivity index (χ0v) is 12.3. The van der Waals surface area contributed by atoms with Crippen LogP contribution in [-0.4, -0.2) is 13.1 Å². The maximum atomic E-state index is 13.4. The summed E-state index contributed by atoms with van der Waals surface area (Å²) in [6.45, 7) is 4.45. The molecule has 1 nitrogen and oxygen atoms in total. The Balaban J connectivity index is 2.64. The van der Waals surface area contributed by atoms with Crippen LogP contribution in [0.5, 0.6) is 0 Å². The van der Waals surface area contributed by atoms with Gasteiger partial charge in [-0.05, 0) is 59.8 Å². The van der Waals surface area contributed by atoms with Crippen LogP contribution in [0.15, 0.2) is 22.7 Å². The van der Waals surface area contributed by atoms with Gasteiger partial charge in [-0.1, -0.05) is 26.0 Å². The van der Waals surface area contributed by atoms with Gasteiger partial charge in [-0.3, -0.25) is 0 Å². The average molecular weight is 302 g/mol. The highest BCUT2D eigenvalue weighted by Crippen LogP contribution is 2.22. The van der Waals surface area contributed by atoms with Gasteiger partial charge in [0.15, 0.2) is 0 Å². The fraction of sp³-hybridized carbons (Fsp3) is 0.571. The molecule has 1 N–H and O–H groups in total. The topological polar surface area (TPSA) is 12.0 Å². The van der Waals surface area contributed by atoms with Gasteiger partial charge in [0.1, 0.15) is 5.82 Å². The quantitative estimate of drug-likeness (QED) is 0.832. The molecule has 0 aliphatic rings. The number of hydrogen-bond donors (Lipinski definition) is 1. The second-order valence-electron chi connectivity index (χ2n) is 4.87. The van der Waals surface area contributed by atoms with E-state index in [4.69, 9.17) is 0 Å². The van der Waals surface area contributed by atoms with E-state index in [2.05, 4.69) is 35.1 Å². The lowest BCUT2D eigenvalue weighted by atomic mass is 9.98. The van der Waals surface area contributed by atoms with E-state index >= 15 is 0 Å². The molecule has 1 aromatic carbocycles. The lowest BCUT2D eigenvalue weighted by Crippen LogP contribution is -2.28. The average Bonchev–Trinajstić information content (AvgIpc) is 2.29. The monoisotopic (exact) mass is 301 g/mol. The molecule has 0 radical (unpaired) electrons. The van der Waals surface area contributed by atoms with Gasteiger partial charge < -0.3 is 5.32 Å². The van der Waals surface area contributed by atoms with Crippen LogP contribution in [0.4, 0.5) is 4.39 Å². The molecule has 96 valence electrons. The van der Waals surface area contributed by atoms with E-state index in [-0.39, 0.29) is 5.82 Å². The smallest absolute Gasteiger partial charge is 0.137 e. The van der Waals surface area contributed by atoms with E-state index < -0.39 is 0 Å². The van der Waals surface area contributed by atoms with Crippen molar-refractivity contribution in [2.24, 2.45) is 5.92 Å². The van der Waals surface area contributed by atoms with Crippen molar-refractivity contribution in [3.05, 3.63) is 34.1 Å². The lowest BCUT2D eigenvalue weighted by Gasteiger charge is -2.18. The van der Waals surface area contributed by atoms with E-state index in [1.165, 1.54) is 12.5 Å². The summed E-state index contributed by atoms with van der Waals surface area (Å²) in [5, 5.41) is 3.31. The molecule has 0 saturated heterocycles. The van der Waals surface area contributed by atoms with Gasteiger partial charge in [0.05, 0.1) is 4.47 Å². The highest BCUT2D eigenvalue weighted by molar-refractivity contribution is 9.10. The second kappa shape index (κ2) is 7.12. The van der Waals surface area contributed by atoms with E-state index in [1.807, 2.05) is 13.1 Å². The fourth-order valence-electron chi connectivity index (χ4n) is 1.85. The number of nitrogens with one attached hydrogen (secondary N) is 1. The van der Waals surface area contributed by atoms with Crippen molar-refractivity contribution in [2.45, 2.75) is 39.2 Å². The molecule has 0 aliphatic heterocycles. The molecular weight excluding hydrogens is 281 g/mol. The highest BCUT2D eigenvalue weighted by atomic mass is 79.9. The van der Waals surface area contributed by atoms with Gasteiger partial charge in [0.25, 0.3) is 0 Å². The first-order chi connectivity index (χ1) is 8.04. The van der Waals surface area contributed by atoms with Crippen LogP contribution < -0.4 is 5.32 Å². The fourth-order valence-corrected chi connectivity index (χ4v) is 2.28. The number of benzene rings is 1. The van der Waals surface area contributed by atoms with Crippen LogP contribution in [0.3, 0.4) is 0 Å². The SMILES string of the molecule is CNC(CCC(C)C)Cc1cccc(F)c1Br. The maximum absolute atomic E-state index is 13.4. The Hall–Kier alpha value is -0.410. The van der Waals surface area contributed by atoms with E-state index in [9.17, 15) is 4.39 Å². The van der Waals surface area contributed by atoms with Crippen LogP contribution in [0.2, 0.25) is 0 Å². The highest BCUT2D eigenvalue weighted by Gasteiger charge is 2.12. The summed E-state index contributed by atoms with van der Waals surface area (Å²) in [6.07, 6.45) is 3.18. The third-order valence-electron chi connectivity index (χ3n) is 3.00. The maximum Gasteiger partial charge on any atom is 0.137 e. The van der Waals surface area contributed by atoms with Crippen molar-refractivity contribution in [3.8, 4) is 0 Å². The first kappa shape index (κ1) is 14.7. The summed E-state index contributed by atoms with van der Waals surface area (Å²) in [7, 11) is 1.97. The minimum absolute atomic E-state index is 0.179. The molecule has 0 heterocycles. The van der Waals surface area contributed by atoms with Crippen LogP contribution in [0.1, 0.15) is 32.3 Å². The molecule has 1 atom stereocenters. The van der Waals surface area contributed by atoms with Crippen LogP contribution in [0, 0.1) is 11.7 Å². The van der Waals surface area contributed by atoms with Crippen LogP contribution >= 0.6 is 15.9 Å². The molecule has 0 saturated carbocycles. The molecule has 0 aliphatic carbocycles. The molecule has 0 amide bonds. The summed E-state index contributed by atoms with van der Waals surface area (Å²) in [5.41, 5.74) is 1.04. The minimum Gasteiger partial charge on any atom is -0.317 e. The second-order valence-corrected chi connectivity index (χ2v) is 5.67. The van der Waals surface area contributed by atoms with Gasteiger partial charge in [-0.25, -0.2) is 4.39 Å². The minimum atomic E-state index is -0.179. The summed E-state index contributed by atoms with van der Waals surface area (Å²) >= 11 is 3.32. The summed E-state index contributed by atoms with van der Waals surface area (Å²) in [6, 6.07) is 5.64. The van der Waals surface area contributed by atoms with Crippen molar-refractivity contribution >= 4 is 15.9 Å². The molecule has 1 rings (SSSR count). The Morgan fingerprint density at radius 2 is 2.00 bits per heavy atom. The summed E-state index contributed by atoms with van der Waals surface area (Å²) in [4.78, 5) is 0. The first-order valence-corrected chi connectivity index (χ1v) is 6.94. The van der Waals surface area contributed by atoms with Crippen molar-refractivity contribution in [1.29, 1.82) is 0 Å². The predicted octanol–water partition coefficient (Wildman–Crippen LogP) is 4.15. The molecular formula is C14H21BrFN. The van der Waals surface area contributed by atoms with E-state index in [0.29, 0.717) is 16.4 Å². The molecule has 0 fully saturated rings. The molecule has 0 bridgehead atoms. The predicted molar refractivity (Wildman–Crippen MR) is 74.7 cm³/mol. The zero-order valence-electron chi connectivity index (χ0n) is 10.8. The first-order valence-electron chi connectivity index (χ1n) is 6.14. The Morgan fingerprint density at radius 1 is 1.29 bits per heavy atom. The summed E-state index contributed by atoms with van der Waals surface area (Å²) < 4.78 is 14.0. The molecule has 1 aromatic rings. The Kier molecular flexibility index (Phi) is 6.14. The van der Waals surface area contributed by atoms with Gasteiger partial charge in [0.2, 0.25) is 0 Å². The van der Waals surface area contributed by atoms with Crippen molar-refractivity contribution < 1.29 is 4.39 Å². The molecule has 0 spiro atoms. The zero-order chi connectivity index (χ0) is 12.8. The normalized spacial score (nSPS) is 13.1. The van der Waals surface area contributed by atoms with Gasteiger partial charge in [0, 0.05) is 6.04 Å². The standard InChI is InChI=1S/C14H21BrFN/c1-10(2)7-8-12(17-3)9-11-5-4-6-13(16)14(11)15/h4-6,10,12,17H,7-9H2,1-3H3. The van der Waals surface area contributed by atoms with Crippen molar-refractivity contribution in [2.75, 3.05) is 7.05 Å². The van der Waals surface area contributed by atoms with Crippen LogP contribution in [-0.2, 0) is 6.42 Å². The Bertz CT molecular complexity index is 352. The summed E-state index contributed by atoms with van der Waals surface area (Å²) in [5.74, 6) is 0.531. The van der Waals surface area contributed by atoms with Gasteiger partial charge >= 0.3 is 0 Å². The van der Waals surface area contributed by atoms with Crippen molar-refractivity contribution in [1.82, 2.24) is 5.32 Å². The number of likely N-dealkylation sites (N-methyl/N-ethyl adjacent to an activating group) is 1. The molecule has 17 heavy (non-hydrogen) atoms. The third kappa shape index (κ3) is 4.76. The number of rotatable bonds is 6. The molecule has 3 heteroatoms. The molecule has 1 unspecified atom stereocenters. The van der Waals surface area contributed by atoms with Gasteiger partial charge in [-0.2, -0.15) is 0 Å². The number of hydrogen-bond acceptors (Lipinski definition) is 1. The third-order valence-corrected chi connectivity index (χ3v) is 3.89.